The molecule has 1 saturated heterocycles. The lowest BCUT2D eigenvalue weighted by Crippen LogP contribution is -2.38. The Hall–Kier alpha value is -2.43. The second-order valence-electron chi connectivity index (χ2n) is 8.75. The van der Waals surface area contributed by atoms with Crippen LogP contribution in [0, 0.1) is 5.92 Å². The van der Waals surface area contributed by atoms with Gasteiger partial charge in [0.05, 0.1) is 12.8 Å². The first-order valence-electron chi connectivity index (χ1n) is 11.0. The van der Waals surface area contributed by atoms with Crippen LogP contribution >= 0.6 is 0 Å². The van der Waals surface area contributed by atoms with Crippen LogP contribution in [0.15, 0.2) is 12.1 Å². The number of nitrogens with zero attached hydrogens (tertiary/aromatic N) is 2. The summed E-state index contributed by atoms with van der Waals surface area (Å²) in [5.41, 5.74) is -1.16. The Balaban J connectivity index is 1.68. The van der Waals surface area contributed by atoms with Gasteiger partial charge in [-0.15, -0.1) is 0 Å². The smallest absolute Gasteiger partial charge is 0.435 e. The molecule has 1 saturated carbocycles. The monoisotopic (exact) mass is 475 g/mol. The summed E-state index contributed by atoms with van der Waals surface area (Å²) in [6.45, 7) is 1.05. The summed E-state index contributed by atoms with van der Waals surface area (Å²) in [5, 5.41) is 2.87. The van der Waals surface area contributed by atoms with Crippen LogP contribution in [-0.2, 0) is 17.3 Å². The van der Waals surface area contributed by atoms with E-state index in [1.165, 1.54) is 23.6 Å². The summed E-state index contributed by atoms with van der Waals surface area (Å²) in [4.78, 5) is 16.5. The molecule has 1 N–H and O–H groups in total. The SMILES string of the molecule is COc1cc(C(=O)NC2CCOCC2)cc2nc(C(F)(F)F)c(CC3CCC(F)(F)CC3)n12. The minimum Gasteiger partial charge on any atom is -0.482 e. The third-order valence-electron chi connectivity index (χ3n) is 6.40. The van der Waals surface area contributed by atoms with Crippen molar-refractivity contribution in [2.75, 3.05) is 20.3 Å². The van der Waals surface area contributed by atoms with Gasteiger partial charge in [-0.3, -0.25) is 9.20 Å². The van der Waals surface area contributed by atoms with E-state index in [1.807, 2.05) is 0 Å². The first kappa shape index (κ1) is 23.7. The number of imidazole rings is 1. The number of amides is 1. The molecule has 2 aliphatic rings. The van der Waals surface area contributed by atoms with Crippen molar-refractivity contribution in [3.8, 4) is 5.88 Å². The second kappa shape index (κ2) is 9.08. The third-order valence-corrected chi connectivity index (χ3v) is 6.40. The number of ether oxygens (including phenoxy) is 2. The molecule has 2 fully saturated rings. The van der Waals surface area contributed by atoms with Crippen molar-refractivity contribution in [2.45, 2.75) is 63.1 Å². The van der Waals surface area contributed by atoms with Crippen molar-refractivity contribution in [1.29, 1.82) is 0 Å². The van der Waals surface area contributed by atoms with E-state index >= 15 is 0 Å². The van der Waals surface area contributed by atoms with Crippen LogP contribution in [0.1, 0.15) is 60.3 Å². The summed E-state index contributed by atoms with van der Waals surface area (Å²) >= 11 is 0. The van der Waals surface area contributed by atoms with Crippen LogP contribution in [0.4, 0.5) is 22.0 Å². The standard InChI is InChI=1S/C22H26F5N3O3/c1-32-18-12-14(20(31)28-15-4-8-33-9-5-15)11-17-29-19(22(25,26)27)16(30(17)18)10-13-2-6-21(23,24)7-3-13/h11-13,15H,2-10H2,1H3,(H,28,31). The number of hydrogen-bond donors (Lipinski definition) is 1. The average Bonchev–Trinajstić information content (AvgIpc) is 3.14. The summed E-state index contributed by atoms with van der Waals surface area (Å²) in [6, 6.07) is 2.59. The van der Waals surface area contributed by atoms with Gasteiger partial charge in [0, 0.05) is 43.7 Å². The molecule has 6 nitrogen and oxygen atoms in total. The van der Waals surface area contributed by atoms with Crippen molar-refractivity contribution in [1.82, 2.24) is 14.7 Å². The minimum atomic E-state index is -4.74. The molecule has 2 aromatic rings. The maximum Gasteiger partial charge on any atom is 0.435 e. The molecule has 0 spiro atoms. The van der Waals surface area contributed by atoms with Crippen molar-refractivity contribution in [2.24, 2.45) is 5.92 Å². The highest BCUT2D eigenvalue weighted by atomic mass is 19.4. The Kier molecular flexibility index (Phi) is 6.52. The number of nitrogens with one attached hydrogen (secondary N) is 1. The highest BCUT2D eigenvalue weighted by Crippen LogP contribution is 2.40. The first-order chi connectivity index (χ1) is 15.6. The van der Waals surface area contributed by atoms with E-state index in [4.69, 9.17) is 9.47 Å². The van der Waals surface area contributed by atoms with Crippen LogP contribution < -0.4 is 10.1 Å². The normalized spacial score (nSPS) is 20.2. The number of methoxy groups -OCH3 is 1. The van der Waals surface area contributed by atoms with Gasteiger partial charge in [-0.1, -0.05) is 0 Å². The first-order valence-corrected chi connectivity index (χ1v) is 11.0. The summed E-state index contributed by atoms with van der Waals surface area (Å²) in [6.07, 6.45) is -3.93. The number of carbonyl (C=O) groups is 1. The lowest BCUT2D eigenvalue weighted by atomic mass is 9.83. The van der Waals surface area contributed by atoms with E-state index in [1.54, 1.807) is 0 Å². The lowest BCUT2D eigenvalue weighted by Gasteiger charge is -2.28. The van der Waals surface area contributed by atoms with E-state index in [2.05, 4.69) is 10.3 Å². The van der Waals surface area contributed by atoms with Crippen LogP contribution in [0.25, 0.3) is 5.65 Å². The molecule has 4 rings (SSSR count). The van der Waals surface area contributed by atoms with E-state index in [9.17, 15) is 26.7 Å². The molecule has 11 heteroatoms. The number of pyridine rings is 1. The maximum absolute atomic E-state index is 13.8. The van der Waals surface area contributed by atoms with Gasteiger partial charge < -0.3 is 14.8 Å². The minimum absolute atomic E-state index is 0.0313. The maximum atomic E-state index is 13.8. The van der Waals surface area contributed by atoms with Crippen LogP contribution in [0.5, 0.6) is 5.88 Å². The van der Waals surface area contributed by atoms with Crippen molar-refractivity contribution >= 4 is 11.6 Å². The topological polar surface area (TPSA) is 64.9 Å². The Morgan fingerprint density at radius 3 is 2.48 bits per heavy atom. The molecular weight excluding hydrogens is 449 g/mol. The number of alkyl halides is 5. The number of rotatable bonds is 5. The zero-order valence-corrected chi connectivity index (χ0v) is 18.2. The average molecular weight is 475 g/mol. The molecule has 0 atom stereocenters. The summed E-state index contributed by atoms with van der Waals surface area (Å²) < 4.78 is 80.4. The van der Waals surface area contributed by atoms with Crippen molar-refractivity contribution < 1.29 is 36.2 Å². The van der Waals surface area contributed by atoms with Gasteiger partial charge >= 0.3 is 6.18 Å². The molecule has 3 heterocycles. The van der Waals surface area contributed by atoms with Crippen LogP contribution in [-0.4, -0.2) is 47.6 Å². The molecular formula is C22H26F5N3O3. The van der Waals surface area contributed by atoms with Gasteiger partial charge in [0.2, 0.25) is 5.92 Å². The fourth-order valence-corrected chi connectivity index (χ4v) is 4.58. The largest absolute Gasteiger partial charge is 0.482 e. The highest BCUT2D eigenvalue weighted by Gasteiger charge is 2.41. The quantitative estimate of drug-likeness (QED) is 0.640. The van der Waals surface area contributed by atoms with E-state index < -0.39 is 23.7 Å². The fourth-order valence-electron chi connectivity index (χ4n) is 4.58. The molecule has 1 aliphatic carbocycles. The Labute approximate surface area is 187 Å². The fraction of sp³-hybridized carbons (Fsp3) is 0.636. The van der Waals surface area contributed by atoms with Crippen LogP contribution in [0.3, 0.4) is 0 Å². The number of hydrogen-bond acceptors (Lipinski definition) is 4. The molecule has 2 aromatic heterocycles. The highest BCUT2D eigenvalue weighted by molar-refractivity contribution is 5.95. The van der Waals surface area contributed by atoms with Gasteiger partial charge in [-0.05, 0) is 44.1 Å². The van der Waals surface area contributed by atoms with Gasteiger partial charge in [0.25, 0.3) is 5.91 Å². The molecule has 1 amide bonds. The van der Waals surface area contributed by atoms with Crippen LogP contribution in [0.2, 0.25) is 0 Å². The molecule has 0 radical (unpaired) electrons. The third kappa shape index (κ3) is 5.23. The molecule has 0 aromatic carbocycles. The predicted molar refractivity (Wildman–Crippen MR) is 109 cm³/mol. The Morgan fingerprint density at radius 1 is 1.21 bits per heavy atom. The molecule has 33 heavy (non-hydrogen) atoms. The van der Waals surface area contributed by atoms with Crippen molar-refractivity contribution in [3.63, 3.8) is 0 Å². The van der Waals surface area contributed by atoms with Gasteiger partial charge in [0.15, 0.2) is 11.6 Å². The predicted octanol–water partition coefficient (Wildman–Crippen LogP) is 4.64. The number of aromatic nitrogens is 2. The van der Waals surface area contributed by atoms with Gasteiger partial charge in [-0.2, -0.15) is 13.2 Å². The lowest BCUT2D eigenvalue weighted by molar-refractivity contribution is -0.141. The molecule has 0 bridgehead atoms. The number of carbonyl (C=O) groups excluding carboxylic acids is 1. The Morgan fingerprint density at radius 2 is 1.88 bits per heavy atom. The number of fused-ring (bicyclic) bond motifs is 1. The van der Waals surface area contributed by atoms with Gasteiger partial charge in [-0.25, -0.2) is 13.8 Å². The van der Waals surface area contributed by atoms with E-state index in [-0.39, 0.29) is 66.8 Å². The second-order valence-corrected chi connectivity index (χ2v) is 8.75. The summed E-state index contributed by atoms with van der Waals surface area (Å²) in [7, 11) is 1.30. The van der Waals surface area contributed by atoms with E-state index in [0.717, 1.165) is 0 Å². The zero-order valence-electron chi connectivity index (χ0n) is 18.2. The summed E-state index contributed by atoms with van der Waals surface area (Å²) in [5.74, 6) is -3.50. The molecule has 0 unspecified atom stereocenters. The van der Waals surface area contributed by atoms with Crippen molar-refractivity contribution in [3.05, 3.63) is 29.1 Å². The number of halogens is 5. The van der Waals surface area contributed by atoms with E-state index in [0.29, 0.717) is 26.1 Å². The molecule has 1 aliphatic heterocycles. The molecule has 182 valence electrons. The Bertz CT molecular complexity index is 1000. The van der Waals surface area contributed by atoms with Gasteiger partial charge in [0.1, 0.15) is 5.65 Å². The zero-order chi connectivity index (χ0) is 23.8.